The molecule has 4 heteroatoms. The molecule has 2 nitrogen and oxygen atoms in total. The normalized spacial score (nSPS) is 10.6. The molecule has 1 aromatic rings. The first-order chi connectivity index (χ1) is 6.11. The lowest BCUT2D eigenvalue weighted by molar-refractivity contribution is -0.113. The molecule has 0 atom stereocenters. The van der Waals surface area contributed by atoms with Gasteiger partial charge in [0.15, 0.2) is 0 Å². The molecule has 1 aromatic carbocycles. The Kier molecular flexibility index (Phi) is 3.34. The molecule has 13 heavy (non-hydrogen) atoms. The van der Waals surface area contributed by atoms with Crippen molar-refractivity contribution in [2.45, 2.75) is 0 Å². The maximum absolute atomic E-state index is 10.4. The summed E-state index contributed by atoms with van der Waals surface area (Å²) in [7, 11) is 0. The van der Waals surface area contributed by atoms with Gasteiger partial charge in [-0.15, -0.1) is 0 Å². The van der Waals surface area contributed by atoms with Crippen molar-refractivity contribution in [2.24, 2.45) is 5.73 Å². The van der Waals surface area contributed by atoms with Gasteiger partial charge < -0.3 is 5.73 Å². The predicted octanol–water partition coefficient (Wildman–Crippen LogP) is 2.49. The zero-order valence-corrected chi connectivity index (χ0v) is 8.14. The highest BCUT2D eigenvalue weighted by molar-refractivity contribution is 6.42. The Morgan fingerprint density at radius 3 is 2.69 bits per heavy atom. The molecule has 0 radical (unpaired) electrons. The van der Waals surface area contributed by atoms with Crippen molar-refractivity contribution in [3.05, 3.63) is 39.9 Å². The molecule has 68 valence electrons. The summed E-state index contributed by atoms with van der Waals surface area (Å²) < 4.78 is 0. The number of hydrogen-bond acceptors (Lipinski definition) is 1. The fourth-order valence-electron chi connectivity index (χ4n) is 0.821. The van der Waals surface area contributed by atoms with Gasteiger partial charge in [0.2, 0.25) is 5.91 Å². The van der Waals surface area contributed by atoms with Gasteiger partial charge in [-0.1, -0.05) is 35.3 Å². The van der Waals surface area contributed by atoms with Crippen LogP contribution in [0.25, 0.3) is 6.08 Å². The van der Waals surface area contributed by atoms with Crippen molar-refractivity contribution in [1.29, 1.82) is 0 Å². The summed E-state index contributed by atoms with van der Waals surface area (Å²) in [6, 6.07) is 5.16. The second-order valence-electron chi connectivity index (χ2n) is 2.38. The van der Waals surface area contributed by atoms with E-state index in [2.05, 4.69) is 0 Å². The zero-order valence-electron chi connectivity index (χ0n) is 6.63. The molecule has 0 aliphatic carbocycles. The number of nitrogens with two attached hydrogens (primary N) is 1. The average Bonchev–Trinajstić information content (AvgIpc) is 2.07. The number of amides is 1. The number of carbonyl (C=O) groups is 1. The summed E-state index contributed by atoms with van der Waals surface area (Å²) in [6.07, 6.45) is 2.76. The summed E-state index contributed by atoms with van der Waals surface area (Å²) in [5.41, 5.74) is 5.60. The zero-order chi connectivity index (χ0) is 9.84. The number of benzene rings is 1. The molecule has 0 aliphatic rings. The van der Waals surface area contributed by atoms with Crippen molar-refractivity contribution in [3.63, 3.8) is 0 Å². The van der Waals surface area contributed by atoms with Gasteiger partial charge in [-0.05, 0) is 17.7 Å². The van der Waals surface area contributed by atoms with E-state index in [1.165, 1.54) is 12.2 Å². The number of carbonyl (C=O) groups excluding carboxylic acids is 1. The number of primary amides is 1. The molecule has 0 bridgehead atoms. The molecular formula is C9H7Cl2NO. The summed E-state index contributed by atoms with van der Waals surface area (Å²) in [4.78, 5) is 10.4. The van der Waals surface area contributed by atoms with Crippen LogP contribution in [0, 0.1) is 0 Å². The van der Waals surface area contributed by atoms with E-state index < -0.39 is 5.91 Å². The van der Waals surface area contributed by atoms with Gasteiger partial charge in [0.05, 0.1) is 10.0 Å². The summed E-state index contributed by atoms with van der Waals surface area (Å²) in [5.74, 6) is -0.518. The SMILES string of the molecule is NC(=O)C=Cc1cccc(Cl)c1Cl. The largest absolute Gasteiger partial charge is 0.366 e. The lowest BCUT2D eigenvalue weighted by Crippen LogP contribution is -2.05. The molecule has 0 saturated heterocycles. The first-order valence-electron chi connectivity index (χ1n) is 3.53. The lowest BCUT2D eigenvalue weighted by Gasteiger charge is -1.98. The van der Waals surface area contributed by atoms with Crippen LogP contribution in [0.1, 0.15) is 5.56 Å². The molecule has 0 fully saturated rings. The lowest BCUT2D eigenvalue weighted by atomic mass is 10.2. The molecule has 1 amide bonds. The molecule has 0 heterocycles. The Morgan fingerprint density at radius 2 is 2.08 bits per heavy atom. The minimum atomic E-state index is -0.518. The van der Waals surface area contributed by atoms with E-state index in [0.717, 1.165) is 0 Å². The van der Waals surface area contributed by atoms with Crippen LogP contribution in [-0.4, -0.2) is 5.91 Å². The molecule has 0 spiro atoms. The van der Waals surface area contributed by atoms with E-state index in [1.54, 1.807) is 18.2 Å². The molecule has 0 aromatic heterocycles. The fourth-order valence-corrected chi connectivity index (χ4v) is 1.19. The third kappa shape index (κ3) is 2.76. The Morgan fingerprint density at radius 1 is 1.38 bits per heavy atom. The van der Waals surface area contributed by atoms with Crippen LogP contribution in [0.4, 0.5) is 0 Å². The van der Waals surface area contributed by atoms with E-state index in [0.29, 0.717) is 15.6 Å². The minimum Gasteiger partial charge on any atom is -0.366 e. The number of halogens is 2. The Labute approximate surface area is 85.9 Å². The van der Waals surface area contributed by atoms with Gasteiger partial charge in [-0.2, -0.15) is 0 Å². The third-order valence-electron chi connectivity index (χ3n) is 1.41. The van der Waals surface area contributed by atoms with E-state index in [9.17, 15) is 4.79 Å². The van der Waals surface area contributed by atoms with Crippen LogP contribution < -0.4 is 5.73 Å². The van der Waals surface area contributed by atoms with Crippen molar-refractivity contribution >= 4 is 35.2 Å². The maximum atomic E-state index is 10.4. The molecule has 0 aliphatic heterocycles. The fraction of sp³-hybridized carbons (Fsp3) is 0. The van der Waals surface area contributed by atoms with Gasteiger partial charge in [-0.3, -0.25) is 4.79 Å². The van der Waals surface area contributed by atoms with Gasteiger partial charge in [-0.25, -0.2) is 0 Å². The number of hydrogen-bond donors (Lipinski definition) is 1. The highest BCUT2D eigenvalue weighted by Gasteiger charge is 2.00. The summed E-state index contributed by atoms with van der Waals surface area (Å²) in [6.45, 7) is 0. The van der Waals surface area contributed by atoms with Gasteiger partial charge in [0, 0.05) is 6.08 Å². The van der Waals surface area contributed by atoms with Gasteiger partial charge in [0.25, 0.3) is 0 Å². The van der Waals surface area contributed by atoms with E-state index in [4.69, 9.17) is 28.9 Å². The predicted molar refractivity (Wildman–Crippen MR) is 54.7 cm³/mol. The number of rotatable bonds is 2. The Hall–Kier alpha value is -0.990. The highest BCUT2D eigenvalue weighted by Crippen LogP contribution is 2.26. The maximum Gasteiger partial charge on any atom is 0.241 e. The van der Waals surface area contributed by atoms with Crippen molar-refractivity contribution < 1.29 is 4.79 Å². The van der Waals surface area contributed by atoms with Gasteiger partial charge in [0.1, 0.15) is 0 Å². The van der Waals surface area contributed by atoms with E-state index in [1.807, 2.05) is 0 Å². The Balaban J connectivity index is 3.02. The van der Waals surface area contributed by atoms with Crippen LogP contribution >= 0.6 is 23.2 Å². The van der Waals surface area contributed by atoms with Crippen LogP contribution in [0.5, 0.6) is 0 Å². The van der Waals surface area contributed by atoms with Crippen LogP contribution in [0.3, 0.4) is 0 Å². The van der Waals surface area contributed by atoms with Crippen molar-refractivity contribution in [2.75, 3.05) is 0 Å². The monoisotopic (exact) mass is 215 g/mol. The standard InChI is InChI=1S/C9H7Cl2NO/c10-7-3-1-2-6(9(7)11)4-5-8(12)13/h1-5H,(H2,12,13). The highest BCUT2D eigenvalue weighted by atomic mass is 35.5. The Bertz CT molecular complexity index is 361. The smallest absolute Gasteiger partial charge is 0.241 e. The molecule has 2 N–H and O–H groups in total. The van der Waals surface area contributed by atoms with E-state index in [-0.39, 0.29) is 0 Å². The van der Waals surface area contributed by atoms with Gasteiger partial charge >= 0.3 is 0 Å². The molecular weight excluding hydrogens is 209 g/mol. The topological polar surface area (TPSA) is 43.1 Å². The quantitative estimate of drug-likeness (QED) is 0.758. The first-order valence-corrected chi connectivity index (χ1v) is 4.28. The molecule has 0 saturated carbocycles. The molecule has 0 unspecified atom stereocenters. The van der Waals surface area contributed by atoms with Crippen LogP contribution in [0.15, 0.2) is 24.3 Å². The second-order valence-corrected chi connectivity index (χ2v) is 3.16. The molecule has 1 rings (SSSR count). The minimum absolute atomic E-state index is 0.418. The second kappa shape index (κ2) is 4.30. The third-order valence-corrected chi connectivity index (χ3v) is 2.24. The first kappa shape index (κ1) is 10.1. The summed E-state index contributed by atoms with van der Waals surface area (Å²) >= 11 is 11.6. The summed E-state index contributed by atoms with van der Waals surface area (Å²) in [5, 5.41) is 0.870. The van der Waals surface area contributed by atoms with E-state index >= 15 is 0 Å². The van der Waals surface area contributed by atoms with Crippen molar-refractivity contribution in [1.82, 2.24) is 0 Å². The average molecular weight is 216 g/mol. The van der Waals surface area contributed by atoms with Crippen LogP contribution in [0.2, 0.25) is 10.0 Å². The van der Waals surface area contributed by atoms with Crippen molar-refractivity contribution in [3.8, 4) is 0 Å². The van der Waals surface area contributed by atoms with Crippen LogP contribution in [-0.2, 0) is 4.79 Å².